The molecule has 1 aliphatic heterocycles. The molecule has 0 saturated heterocycles. The Kier molecular flexibility index (Phi) is 2.80. The number of aliphatic hydroxyl groups is 1. The number of rotatable bonds is 3. The van der Waals surface area contributed by atoms with Gasteiger partial charge in [0.15, 0.2) is 0 Å². The molecule has 0 bridgehead atoms. The predicted octanol–water partition coefficient (Wildman–Crippen LogP) is 2.37. The van der Waals surface area contributed by atoms with Gasteiger partial charge < -0.3 is 15.2 Å². The molecule has 0 spiro atoms. The Morgan fingerprint density at radius 3 is 2.88 bits per heavy atom. The van der Waals surface area contributed by atoms with Crippen molar-refractivity contribution in [2.45, 2.75) is 31.8 Å². The summed E-state index contributed by atoms with van der Waals surface area (Å²) in [7, 11) is 1.69. The minimum absolute atomic E-state index is 0.325. The molecule has 16 heavy (non-hydrogen) atoms. The molecule has 0 fully saturated rings. The normalized spacial score (nSPS) is 19.1. The highest BCUT2D eigenvalue weighted by atomic mass is 16.5. The van der Waals surface area contributed by atoms with Crippen molar-refractivity contribution in [3.63, 3.8) is 0 Å². The van der Waals surface area contributed by atoms with E-state index >= 15 is 0 Å². The van der Waals surface area contributed by atoms with Gasteiger partial charge in [-0.1, -0.05) is 6.07 Å². The van der Waals surface area contributed by atoms with E-state index in [1.54, 1.807) is 7.11 Å². The smallest absolute Gasteiger partial charge is 0.124 e. The molecule has 0 radical (unpaired) electrons. The number of methoxy groups -OCH3 is 1. The second kappa shape index (κ2) is 3.98. The topological polar surface area (TPSA) is 41.5 Å². The monoisotopic (exact) mass is 221 g/mol. The molecule has 88 valence electrons. The summed E-state index contributed by atoms with van der Waals surface area (Å²) in [6.45, 7) is 4.57. The van der Waals surface area contributed by atoms with Gasteiger partial charge in [0.25, 0.3) is 0 Å². The third kappa shape index (κ3) is 2.14. The average Bonchev–Trinajstić information content (AvgIpc) is 2.59. The molecule has 1 aromatic carbocycles. The maximum absolute atomic E-state index is 9.90. The predicted molar refractivity (Wildman–Crippen MR) is 65.1 cm³/mol. The van der Waals surface area contributed by atoms with Crippen LogP contribution in [0.4, 0.5) is 5.69 Å². The number of nitrogens with one attached hydrogen (secondary N) is 1. The van der Waals surface area contributed by atoms with Gasteiger partial charge in [-0.3, -0.25) is 0 Å². The standard InChI is InChI=1S/C13H19NO2/c1-13(2,15)7-9-8-14-10-5-4-6-11(16-3)12(9)10/h4-6,9,14-15H,7-8H2,1-3H3. The lowest BCUT2D eigenvalue weighted by molar-refractivity contribution is 0.0646. The highest BCUT2D eigenvalue weighted by Crippen LogP contribution is 2.41. The fourth-order valence-electron chi connectivity index (χ4n) is 2.41. The van der Waals surface area contributed by atoms with Crippen LogP contribution in [0, 0.1) is 0 Å². The van der Waals surface area contributed by atoms with Gasteiger partial charge in [0, 0.05) is 23.7 Å². The molecule has 2 N–H and O–H groups in total. The molecule has 0 aliphatic carbocycles. The van der Waals surface area contributed by atoms with Gasteiger partial charge in [-0.15, -0.1) is 0 Å². The Morgan fingerprint density at radius 1 is 1.50 bits per heavy atom. The van der Waals surface area contributed by atoms with Crippen LogP contribution in [0.5, 0.6) is 5.75 Å². The van der Waals surface area contributed by atoms with Gasteiger partial charge in [-0.05, 0) is 32.4 Å². The van der Waals surface area contributed by atoms with Crippen molar-refractivity contribution < 1.29 is 9.84 Å². The molecular weight excluding hydrogens is 202 g/mol. The van der Waals surface area contributed by atoms with E-state index in [1.165, 1.54) is 5.56 Å². The highest BCUT2D eigenvalue weighted by molar-refractivity contribution is 5.63. The first-order chi connectivity index (χ1) is 7.51. The molecule has 1 heterocycles. The Bertz CT molecular complexity index is 382. The Hall–Kier alpha value is -1.22. The van der Waals surface area contributed by atoms with Crippen molar-refractivity contribution in [1.29, 1.82) is 0 Å². The van der Waals surface area contributed by atoms with Crippen LogP contribution >= 0.6 is 0 Å². The van der Waals surface area contributed by atoms with E-state index in [9.17, 15) is 5.11 Å². The first-order valence-corrected chi connectivity index (χ1v) is 5.64. The minimum Gasteiger partial charge on any atom is -0.496 e. The van der Waals surface area contributed by atoms with Crippen molar-refractivity contribution >= 4 is 5.69 Å². The Morgan fingerprint density at radius 2 is 2.25 bits per heavy atom. The van der Waals surface area contributed by atoms with E-state index in [4.69, 9.17) is 4.74 Å². The van der Waals surface area contributed by atoms with E-state index < -0.39 is 5.60 Å². The van der Waals surface area contributed by atoms with E-state index in [1.807, 2.05) is 26.0 Å². The summed E-state index contributed by atoms with van der Waals surface area (Å²) in [6.07, 6.45) is 0.743. The van der Waals surface area contributed by atoms with Gasteiger partial charge in [0.1, 0.15) is 5.75 Å². The summed E-state index contributed by atoms with van der Waals surface area (Å²) in [4.78, 5) is 0. The summed E-state index contributed by atoms with van der Waals surface area (Å²) in [5.41, 5.74) is 1.69. The first-order valence-electron chi connectivity index (χ1n) is 5.64. The molecule has 1 atom stereocenters. The van der Waals surface area contributed by atoms with Crippen molar-refractivity contribution in [3.05, 3.63) is 23.8 Å². The van der Waals surface area contributed by atoms with Gasteiger partial charge >= 0.3 is 0 Å². The van der Waals surface area contributed by atoms with Crippen LogP contribution in [0.3, 0.4) is 0 Å². The van der Waals surface area contributed by atoms with Crippen molar-refractivity contribution in [3.8, 4) is 5.75 Å². The van der Waals surface area contributed by atoms with E-state index in [0.29, 0.717) is 5.92 Å². The average molecular weight is 221 g/mol. The zero-order chi connectivity index (χ0) is 11.8. The largest absolute Gasteiger partial charge is 0.496 e. The van der Waals surface area contributed by atoms with Crippen LogP contribution in [0.25, 0.3) is 0 Å². The molecule has 1 unspecified atom stereocenters. The molecule has 0 amide bonds. The fraction of sp³-hybridized carbons (Fsp3) is 0.538. The second-order valence-corrected chi connectivity index (χ2v) is 5.02. The van der Waals surface area contributed by atoms with Crippen LogP contribution in [0.2, 0.25) is 0 Å². The van der Waals surface area contributed by atoms with E-state index in [0.717, 1.165) is 24.4 Å². The summed E-state index contributed by atoms with van der Waals surface area (Å²) in [5.74, 6) is 1.24. The van der Waals surface area contributed by atoms with Gasteiger partial charge in [-0.25, -0.2) is 0 Å². The lowest BCUT2D eigenvalue weighted by Crippen LogP contribution is -2.23. The number of benzene rings is 1. The van der Waals surface area contributed by atoms with Crippen molar-refractivity contribution in [2.24, 2.45) is 0 Å². The highest BCUT2D eigenvalue weighted by Gasteiger charge is 2.30. The molecule has 2 rings (SSSR count). The fourth-order valence-corrected chi connectivity index (χ4v) is 2.41. The molecule has 3 heteroatoms. The number of fused-ring (bicyclic) bond motifs is 1. The van der Waals surface area contributed by atoms with E-state index in [-0.39, 0.29) is 0 Å². The molecular formula is C13H19NO2. The second-order valence-electron chi connectivity index (χ2n) is 5.02. The molecule has 1 aromatic rings. The summed E-state index contributed by atoms with van der Waals surface area (Å²) in [6, 6.07) is 6.02. The number of anilines is 1. The summed E-state index contributed by atoms with van der Waals surface area (Å²) in [5, 5.41) is 13.3. The SMILES string of the molecule is COc1cccc2c1C(CC(C)(C)O)CN2. The third-order valence-electron chi connectivity index (χ3n) is 2.98. The number of hydrogen-bond donors (Lipinski definition) is 2. The van der Waals surface area contributed by atoms with Crippen LogP contribution in [0.1, 0.15) is 31.7 Å². The van der Waals surface area contributed by atoms with Crippen molar-refractivity contribution in [1.82, 2.24) is 0 Å². The first kappa shape index (κ1) is 11.3. The Labute approximate surface area is 96.4 Å². The van der Waals surface area contributed by atoms with Crippen LogP contribution < -0.4 is 10.1 Å². The third-order valence-corrected chi connectivity index (χ3v) is 2.98. The molecule has 3 nitrogen and oxygen atoms in total. The molecule has 0 saturated carbocycles. The quantitative estimate of drug-likeness (QED) is 0.823. The Balaban J connectivity index is 2.31. The molecule has 0 aromatic heterocycles. The summed E-state index contributed by atoms with van der Waals surface area (Å²) >= 11 is 0. The maximum Gasteiger partial charge on any atom is 0.124 e. The van der Waals surface area contributed by atoms with Crippen LogP contribution in [-0.2, 0) is 0 Å². The molecule has 1 aliphatic rings. The lowest BCUT2D eigenvalue weighted by atomic mass is 9.89. The number of ether oxygens (including phenoxy) is 1. The zero-order valence-corrected chi connectivity index (χ0v) is 10.1. The summed E-state index contributed by atoms with van der Waals surface area (Å²) < 4.78 is 5.38. The lowest BCUT2D eigenvalue weighted by Gasteiger charge is -2.22. The van der Waals surface area contributed by atoms with E-state index in [2.05, 4.69) is 11.4 Å². The van der Waals surface area contributed by atoms with Gasteiger partial charge in [0.2, 0.25) is 0 Å². The zero-order valence-electron chi connectivity index (χ0n) is 10.1. The number of hydrogen-bond acceptors (Lipinski definition) is 3. The minimum atomic E-state index is -0.644. The van der Waals surface area contributed by atoms with Crippen LogP contribution in [0.15, 0.2) is 18.2 Å². The maximum atomic E-state index is 9.90. The van der Waals surface area contributed by atoms with Gasteiger partial charge in [-0.2, -0.15) is 0 Å². The van der Waals surface area contributed by atoms with Crippen LogP contribution in [-0.4, -0.2) is 24.4 Å². The van der Waals surface area contributed by atoms with Gasteiger partial charge in [0.05, 0.1) is 12.7 Å². The van der Waals surface area contributed by atoms with Crippen molar-refractivity contribution in [2.75, 3.05) is 19.0 Å².